The van der Waals surface area contributed by atoms with Crippen molar-refractivity contribution < 1.29 is 32.2 Å². The van der Waals surface area contributed by atoms with Crippen LogP contribution in [0.1, 0.15) is 61.1 Å². The lowest BCUT2D eigenvalue weighted by Gasteiger charge is -2.39. The van der Waals surface area contributed by atoms with E-state index in [0.29, 0.717) is 62.7 Å². The smallest absolute Gasteiger partial charge is 0.429 e. The Morgan fingerprint density at radius 3 is 2.54 bits per heavy atom. The van der Waals surface area contributed by atoms with Crippen LogP contribution in [0.15, 0.2) is 48.5 Å². The van der Waals surface area contributed by atoms with Gasteiger partial charge in [0.1, 0.15) is 11.9 Å². The topological polar surface area (TPSA) is 123 Å². The fourth-order valence-electron chi connectivity index (χ4n) is 6.93. The number of nitrogens with one attached hydrogen (secondary N) is 1. The van der Waals surface area contributed by atoms with Gasteiger partial charge in [0.15, 0.2) is 0 Å². The second kappa shape index (κ2) is 13.8. The van der Waals surface area contributed by atoms with Gasteiger partial charge in [0.05, 0.1) is 6.61 Å². The van der Waals surface area contributed by atoms with E-state index in [1.54, 1.807) is 36.1 Å². The molecule has 0 unspecified atom stereocenters. The monoisotopic (exact) mass is 686 g/mol. The van der Waals surface area contributed by atoms with Gasteiger partial charge in [-0.15, -0.1) is 0 Å². The Balaban J connectivity index is 1.24. The Labute approximate surface area is 281 Å². The van der Waals surface area contributed by atoms with Crippen LogP contribution in [0.2, 0.25) is 5.02 Å². The van der Waals surface area contributed by atoms with Gasteiger partial charge >= 0.3 is 12.1 Å². The van der Waals surface area contributed by atoms with E-state index in [9.17, 15) is 22.8 Å². The molecule has 3 aromatic rings. The van der Waals surface area contributed by atoms with Crippen LogP contribution in [-0.4, -0.2) is 78.3 Å². The number of nitrogens with two attached hydrogens (primary N) is 1. The van der Waals surface area contributed by atoms with Crippen molar-refractivity contribution in [1.82, 2.24) is 20.2 Å². The first-order valence-electron chi connectivity index (χ1n) is 16.2. The quantitative estimate of drug-likeness (QED) is 0.283. The molecule has 0 aliphatic carbocycles. The zero-order chi connectivity index (χ0) is 34.1. The molecule has 14 heteroatoms. The number of ether oxygens (including phenoxy) is 2. The molecule has 1 spiro atoms. The molecule has 3 aliphatic rings. The number of hydrogen-bond acceptors (Lipinski definition) is 9. The number of alkyl halides is 3. The number of esters is 1. The van der Waals surface area contributed by atoms with E-state index in [0.717, 1.165) is 25.7 Å². The third-order valence-corrected chi connectivity index (χ3v) is 9.67. The van der Waals surface area contributed by atoms with E-state index >= 15 is 0 Å². The minimum atomic E-state index is -4.85. The second-order valence-electron chi connectivity index (χ2n) is 12.7. The maximum atomic E-state index is 14.8. The maximum absolute atomic E-state index is 14.8. The average molecular weight is 687 g/mol. The number of anilines is 2. The van der Waals surface area contributed by atoms with Gasteiger partial charge in [-0.3, -0.25) is 9.59 Å². The third kappa shape index (κ3) is 7.31. The summed E-state index contributed by atoms with van der Waals surface area (Å²) in [6.07, 6.45) is -3.31. The van der Waals surface area contributed by atoms with Crippen LogP contribution in [0.3, 0.4) is 0 Å². The van der Waals surface area contributed by atoms with E-state index in [1.165, 1.54) is 24.3 Å². The SMILES string of the molecule is CCOC(=O)[C@@H]1CC2(CCN(c3cc(O[C@H](c4ccc(Cl)cc4-c4cccc(C(=O)N5CCCC5)c4)C(F)(F)F)nc(N)n3)CC2)CN1. The molecular formula is C34H38ClF3N6O4. The lowest BCUT2D eigenvalue weighted by atomic mass is 9.76. The van der Waals surface area contributed by atoms with E-state index in [4.69, 9.17) is 26.8 Å². The number of hydrogen-bond donors (Lipinski definition) is 2. The minimum absolute atomic E-state index is 0.0887. The first-order valence-corrected chi connectivity index (χ1v) is 16.5. The predicted molar refractivity (Wildman–Crippen MR) is 175 cm³/mol. The Kier molecular flexibility index (Phi) is 9.71. The summed E-state index contributed by atoms with van der Waals surface area (Å²) in [7, 11) is 0. The fourth-order valence-corrected chi connectivity index (χ4v) is 7.10. The first-order chi connectivity index (χ1) is 22.9. The van der Waals surface area contributed by atoms with Gasteiger partial charge in [0, 0.05) is 54.9 Å². The largest absolute Gasteiger partial charge is 0.465 e. The molecule has 1 amide bonds. The number of benzene rings is 2. The van der Waals surface area contributed by atoms with E-state index in [2.05, 4.69) is 15.3 Å². The summed E-state index contributed by atoms with van der Waals surface area (Å²) in [4.78, 5) is 37.3. The number of nitrogens with zero attached hydrogens (tertiary/aromatic N) is 4. The molecule has 6 rings (SSSR count). The standard InChI is InChI=1S/C34H38ClF3N6O4/c1-2-47-31(46)26-19-33(20-40-26)10-14-43(15-11-33)27-18-28(42-32(39)41-27)48-29(34(36,37)38)24-9-8-23(35)17-25(24)21-6-5-7-22(16-21)30(45)44-12-3-4-13-44/h5-9,16-18,26,29,40H,2-4,10-15,19-20H2,1H3,(H2,39,41,42)/t26-,29+/m0/s1. The number of halogens is 4. The summed E-state index contributed by atoms with van der Waals surface area (Å²) in [5, 5.41) is 3.50. The van der Waals surface area contributed by atoms with Crippen LogP contribution in [-0.2, 0) is 9.53 Å². The molecule has 10 nitrogen and oxygen atoms in total. The highest BCUT2D eigenvalue weighted by Gasteiger charge is 2.46. The highest BCUT2D eigenvalue weighted by molar-refractivity contribution is 6.30. The molecule has 1 aromatic heterocycles. The number of rotatable bonds is 8. The summed E-state index contributed by atoms with van der Waals surface area (Å²) in [6, 6.07) is 11.6. The number of piperidine rings is 1. The number of amides is 1. The van der Waals surface area contributed by atoms with Crippen molar-refractivity contribution in [1.29, 1.82) is 0 Å². The zero-order valence-electron chi connectivity index (χ0n) is 26.6. The minimum Gasteiger partial charge on any atom is -0.465 e. The van der Waals surface area contributed by atoms with Crippen molar-refractivity contribution in [3.05, 3.63) is 64.7 Å². The van der Waals surface area contributed by atoms with Crippen molar-refractivity contribution in [2.24, 2.45) is 5.41 Å². The Morgan fingerprint density at radius 1 is 1.08 bits per heavy atom. The van der Waals surface area contributed by atoms with Gasteiger partial charge in [-0.05, 0) is 79.8 Å². The lowest BCUT2D eigenvalue weighted by Crippen LogP contribution is -2.41. The number of nitrogen functional groups attached to an aromatic ring is 1. The summed E-state index contributed by atoms with van der Waals surface area (Å²) in [5.41, 5.74) is 6.67. The van der Waals surface area contributed by atoms with Crippen LogP contribution in [0.5, 0.6) is 5.88 Å². The molecule has 3 fully saturated rings. The van der Waals surface area contributed by atoms with Crippen molar-refractivity contribution in [3.63, 3.8) is 0 Å². The van der Waals surface area contributed by atoms with Gasteiger partial charge in [-0.1, -0.05) is 29.8 Å². The number of aromatic nitrogens is 2. The number of carbonyl (C=O) groups is 2. The summed E-state index contributed by atoms with van der Waals surface area (Å²) < 4.78 is 55.3. The van der Waals surface area contributed by atoms with Crippen LogP contribution in [0, 0.1) is 5.41 Å². The normalized spacial score (nSPS) is 19.8. The summed E-state index contributed by atoms with van der Waals surface area (Å²) in [5.74, 6) is -0.627. The second-order valence-corrected chi connectivity index (χ2v) is 13.1. The summed E-state index contributed by atoms with van der Waals surface area (Å²) >= 11 is 6.30. The molecule has 0 saturated carbocycles. The van der Waals surface area contributed by atoms with Crippen molar-refractivity contribution in [2.45, 2.75) is 57.3 Å². The van der Waals surface area contributed by atoms with Crippen LogP contribution in [0.4, 0.5) is 24.9 Å². The van der Waals surface area contributed by atoms with Gasteiger partial charge in [-0.2, -0.15) is 23.1 Å². The maximum Gasteiger partial charge on any atom is 0.429 e. The molecule has 0 bridgehead atoms. The highest BCUT2D eigenvalue weighted by Crippen LogP contribution is 2.43. The lowest BCUT2D eigenvalue weighted by molar-refractivity contribution is -0.198. The highest BCUT2D eigenvalue weighted by atomic mass is 35.5. The molecule has 3 aliphatic heterocycles. The zero-order valence-corrected chi connectivity index (χ0v) is 27.3. The van der Waals surface area contributed by atoms with Crippen LogP contribution >= 0.6 is 11.6 Å². The van der Waals surface area contributed by atoms with E-state index < -0.39 is 12.3 Å². The van der Waals surface area contributed by atoms with E-state index in [1.807, 2.05) is 4.90 Å². The van der Waals surface area contributed by atoms with Crippen molar-refractivity contribution >= 4 is 35.2 Å². The van der Waals surface area contributed by atoms with Gasteiger partial charge < -0.3 is 30.3 Å². The Hall–Kier alpha value is -4.10. The number of carbonyl (C=O) groups excluding carboxylic acids is 2. The molecule has 2 aromatic carbocycles. The molecule has 3 saturated heterocycles. The Morgan fingerprint density at radius 2 is 1.83 bits per heavy atom. The van der Waals surface area contributed by atoms with Gasteiger partial charge in [0.25, 0.3) is 5.91 Å². The predicted octanol–water partition coefficient (Wildman–Crippen LogP) is 5.81. The van der Waals surface area contributed by atoms with E-state index in [-0.39, 0.29) is 51.3 Å². The molecule has 256 valence electrons. The molecular weight excluding hydrogens is 649 g/mol. The van der Waals surface area contributed by atoms with Gasteiger partial charge in [-0.25, -0.2) is 0 Å². The van der Waals surface area contributed by atoms with Crippen molar-refractivity contribution in [3.8, 4) is 17.0 Å². The Bertz CT molecular complexity index is 1660. The van der Waals surface area contributed by atoms with Crippen molar-refractivity contribution in [2.75, 3.05) is 50.0 Å². The van der Waals surface area contributed by atoms with Gasteiger partial charge in [0.2, 0.25) is 17.9 Å². The average Bonchev–Trinajstić information content (AvgIpc) is 3.75. The first kappa shape index (κ1) is 33.8. The molecule has 2 atom stereocenters. The molecule has 48 heavy (non-hydrogen) atoms. The fraction of sp³-hybridized carbons (Fsp3) is 0.471. The van der Waals surface area contributed by atoms with Crippen LogP contribution < -0.4 is 20.7 Å². The molecule has 3 N–H and O–H groups in total. The molecule has 0 radical (unpaired) electrons. The summed E-state index contributed by atoms with van der Waals surface area (Å²) in [6.45, 7) is 5.18. The van der Waals surface area contributed by atoms with Crippen LogP contribution in [0.25, 0.3) is 11.1 Å². The number of likely N-dealkylation sites (tertiary alicyclic amines) is 1. The third-order valence-electron chi connectivity index (χ3n) is 9.43. The molecule has 4 heterocycles.